The normalized spacial score (nSPS) is 17.0. The Morgan fingerprint density at radius 2 is 2.00 bits per heavy atom. The van der Waals surface area contributed by atoms with E-state index >= 15 is 0 Å². The van der Waals surface area contributed by atoms with Gasteiger partial charge >= 0.3 is 6.09 Å². The highest BCUT2D eigenvalue weighted by molar-refractivity contribution is 5.69. The first-order valence-corrected chi connectivity index (χ1v) is 4.60. The third kappa shape index (κ3) is 3.51. The monoisotopic (exact) mass is 203 g/mol. The number of nitrogens with two attached hydrogens (primary N) is 1. The highest BCUT2D eigenvalue weighted by Gasteiger charge is 2.32. The minimum atomic E-state index is -0.398. The van der Waals surface area contributed by atoms with E-state index in [9.17, 15) is 4.79 Å². The van der Waals surface area contributed by atoms with Crippen LogP contribution in [-0.2, 0) is 4.74 Å². The van der Waals surface area contributed by atoms with E-state index in [1.807, 2.05) is 20.8 Å². The Bertz CT molecular complexity index is 195. The molecule has 0 unspecified atom stereocenters. The molecule has 0 aromatic carbocycles. The quantitative estimate of drug-likeness (QED) is 0.664. The predicted molar refractivity (Wildman–Crippen MR) is 55.4 cm³/mol. The van der Waals surface area contributed by atoms with Crippen molar-refractivity contribution in [2.75, 3.05) is 19.6 Å². The number of carbonyl (C=O) groups excluding carboxylic acids is 1. The molecule has 0 saturated carbocycles. The van der Waals surface area contributed by atoms with E-state index in [2.05, 4.69) is 0 Å². The molecule has 0 atom stereocenters. The molecule has 5 heteroatoms. The van der Waals surface area contributed by atoms with E-state index in [1.54, 1.807) is 4.90 Å². The van der Waals surface area contributed by atoms with Crippen LogP contribution in [0.1, 0.15) is 20.8 Å². The Balaban J connectivity index is 0.00000169. The molecule has 1 amide bonds. The van der Waals surface area contributed by atoms with Crippen molar-refractivity contribution in [3.63, 3.8) is 0 Å². The van der Waals surface area contributed by atoms with E-state index in [0.29, 0.717) is 12.5 Å². The molecule has 1 aliphatic rings. The van der Waals surface area contributed by atoms with Crippen LogP contribution in [0.3, 0.4) is 0 Å². The molecule has 14 heavy (non-hydrogen) atoms. The number of nitrogens with zero attached hydrogens (tertiary/aromatic N) is 1. The molecule has 0 spiro atoms. The maximum Gasteiger partial charge on any atom is 0.410 e. The van der Waals surface area contributed by atoms with Gasteiger partial charge in [-0.2, -0.15) is 0 Å². The maximum atomic E-state index is 11.4. The molecular formula is C9H21N3O2. The molecule has 0 bridgehead atoms. The summed E-state index contributed by atoms with van der Waals surface area (Å²) in [5, 5.41) is 0. The van der Waals surface area contributed by atoms with Crippen molar-refractivity contribution in [1.82, 2.24) is 11.1 Å². The topological polar surface area (TPSA) is 90.6 Å². The van der Waals surface area contributed by atoms with Crippen LogP contribution in [0.5, 0.6) is 0 Å². The predicted octanol–water partition coefficient (Wildman–Crippen LogP) is 0.974. The van der Waals surface area contributed by atoms with Crippen LogP contribution >= 0.6 is 0 Å². The van der Waals surface area contributed by atoms with Crippen LogP contribution in [0.4, 0.5) is 4.79 Å². The van der Waals surface area contributed by atoms with Crippen LogP contribution in [0.2, 0.25) is 0 Å². The number of hydrogen-bond donors (Lipinski definition) is 2. The summed E-state index contributed by atoms with van der Waals surface area (Å²) in [5.41, 5.74) is 5.05. The average molecular weight is 203 g/mol. The van der Waals surface area contributed by atoms with Gasteiger partial charge in [-0.1, -0.05) is 0 Å². The Kier molecular flexibility index (Phi) is 4.35. The van der Waals surface area contributed by atoms with Gasteiger partial charge in [0.1, 0.15) is 5.60 Å². The van der Waals surface area contributed by atoms with E-state index in [-0.39, 0.29) is 12.2 Å². The van der Waals surface area contributed by atoms with E-state index in [4.69, 9.17) is 10.5 Å². The van der Waals surface area contributed by atoms with Crippen molar-refractivity contribution in [2.45, 2.75) is 26.4 Å². The summed E-state index contributed by atoms with van der Waals surface area (Å²) in [4.78, 5) is 13.0. The van der Waals surface area contributed by atoms with E-state index in [0.717, 1.165) is 13.1 Å². The van der Waals surface area contributed by atoms with Gasteiger partial charge in [0.05, 0.1) is 0 Å². The molecule has 1 fully saturated rings. The minimum absolute atomic E-state index is 0. The number of amides is 1. The summed E-state index contributed by atoms with van der Waals surface area (Å²) < 4.78 is 5.18. The van der Waals surface area contributed by atoms with Gasteiger partial charge in [0, 0.05) is 19.0 Å². The SMILES string of the molecule is CC(C)(C)OC(=O)N1CC(CN)C1.N. The zero-order valence-corrected chi connectivity index (χ0v) is 9.25. The van der Waals surface area contributed by atoms with Crippen LogP contribution in [0.15, 0.2) is 0 Å². The molecule has 1 aliphatic heterocycles. The average Bonchev–Trinajstić information content (AvgIpc) is 1.79. The number of hydrogen-bond acceptors (Lipinski definition) is 4. The van der Waals surface area contributed by atoms with Crippen molar-refractivity contribution >= 4 is 6.09 Å². The van der Waals surface area contributed by atoms with Crippen molar-refractivity contribution in [3.8, 4) is 0 Å². The van der Waals surface area contributed by atoms with Crippen molar-refractivity contribution in [3.05, 3.63) is 0 Å². The lowest BCUT2D eigenvalue weighted by Gasteiger charge is -2.39. The Labute approximate surface area is 85.2 Å². The second-order valence-corrected chi connectivity index (χ2v) is 4.49. The maximum absolute atomic E-state index is 11.4. The number of ether oxygens (including phenoxy) is 1. The summed E-state index contributed by atoms with van der Waals surface area (Å²) in [6, 6.07) is 0. The summed E-state index contributed by atoms with van der Waals surface area (Å²) >= 11 is 0. The summed E-state index contributed by atoms with van der Waals surface area (Å²) in [5.74, 6) is 0.465. The Morgan fingerprint density at radius 1 is 1.50 bits per heavy atom. The van der Waals surface area contributed by atoms with Crippen LogP contribution in [0, 0.1) is 5.92 Å². The molecule has 5 N–H and O–H groups in total. The highest BCUT2D eigenvalue weighted by atomic mass is 16.6. The first-order chi connectivity index (χ1) is 5.92. The van der Waals surface area contributed by atoms with Crippen LogP contribution < -0.4 is 11.9 Å². The lowest BCUT2D eigenvalue weighted by molar-refractivity contribution is 0.000346. The molecule has 5 nitrogen and oxygen atoms in total. The van der Waals surface area contributed by atoms with Gasteiger partial charge in [-0.3, -0.25) is 0 Å². The first-order valence-electron chi connectivity index (χ1n) is 4.60. The number of likely N-dealkylation sites (tertiary alicyclic amines) is 1. The second-order valence-electron chi connectivity index (χ2n) is 4.49. The Hall–Kier alpha value is -0.810. The van der Waals surface area contributed by atoms with Crippen LogP contribution in [-0.4, -0.2) is 36.2 Å². The molecule has 1 saturated heterocycles. The number of rotatable bonds is 1. The first kappa shape index (κ1) is 13.2. The number of carbonyl (C=O) groups is 1. The van der Waals surface area contributed by atoms with Gasteiger partial charge in [-0.15, -0.1) is 0 Å². The lowest BCUT2D eigenvalue weighted by Crippen LogP contribution is -2.53. The van der Waals surface area contributed by atoms with Gasteiger partial charge in [0.2, 0.25) is 0 Å². The van der Waals surface area contributed by atoms with Gasteiger partial charge in [-0.25, -0.2) is 4.79 Å². The van der Waals surface area contributed by atoms with Crippen molar-refractivity contribution in [1.29, 1.82) is 0 Å². The third-order valence-corrected chi connectivity index (χ3v) is 1.94. The molecule has 0 aromatic heterocycles. The van der Waals surface area contributed by atoms with Gasteiger partial charge in [0.15, 0.2) is 0 Å². The zero-order chi connectivity index (χ0) is 10.1. The molecule has 0 aromatic rings. The fourth-order valence-electron chi connectivity index (χ4n) is 1.19. The zero-order valence-electron chi connectivity index (χ0n) is 9.25. The lowest BCUT2D eigenvalue weighted by atomic mass is 10.0. The molecule has 0 radical (unpaired) electrons. The van der Waals surface area contributed by atoms with Crippen molar-refractivity contribution in [2.24, 2.45) is 11.7 Å². The molecule has 84 valence electrons. The van der Waals surface area contributed by atoms with E-state index in [1.165, 1.54) is 0 Å². The fraction of sp³-hybridized carbons (Fsp3) is 0.889. The van der Waals surface area contributed by atoms with Crippen LogP contribution in [0.25, 0.3) is 0 Å². The fourth-order valence-corrected chi connectivity index (χ4v) is 1.19. The van der Waals surface area contributed by atoms with E-state index < -0.39 is 5.60 Å². The molecule has 1 heterocycles. The highest BCUT2D eigenvalue weighted by Crippen LogP contribution is 2.18. The minimum Gasteiger partial charge on any atom is -0.444 e. The Morgan fingerprint density at radius 3 is 2.36 bits per heavy atom. The van der Waals surface area contributed by atoms with Crippen molar-refractivity contribution < 1.29 is 9.53 Å². The molecule has 1 rings (SSSR count). The molecule has 0 aliphatic carbocycles. The summed E-state index contributed by atoms with van der Waals surface area (Å²) in [7, 11) is 0. The van der Waals surface area contributed by atoms with Gasteiger partial charge < -0.3 is 21.5 Å². The largest absolute Gasteiger partial charge is 0.444 e. The summed E-state index contributed by atoms with van der Waals surface area (Å²) in [6.07, 6.45) is -0.225. The smallest absolute Gasteiger partial charge is 0.410 e. The standard InChI is InChI=1S/C9H18N2O2.H3N/c1-9(2,3)13-8(12)11-5-7(4-10)6-11;/h7H,4-6,10H2,1-3H3;1H3. The van der Waals surface area contributed by atoms with Gasteiger partial charge in [-0.05, 0) is 27.3 Å². The third-order valence-electron chi connectivity index (χ3n) is 1.94. The van der Waals surface area contributed by atoms with Gasteiger partial charge in [0.25, 0.3) is 0 Å². The molecular weight excluding hydrogens is 182 g/mol. The summed E-state index contributed by atoms with van der Waals surface area (Å²) in [6.45, 7) is 7.73. The second kappa shape index (κ2) is 4.61.